The van der Waals surface area contributed by atoms with E-state index in [1.54, 1.807) is 23.1 Å². The topological polar surface area (TPSA) is 38.1 Å². The quantitative estimate of drug-likeness (QED) is 0.940. The molecule has 0 amide bonds. The summed E-state index contributed by atoms with van der Waals surface area (Å²) in [6, 6.07) is 4.53. The highest BCUT2D eigenvalue weighted by molar-refractivity contribution is 9.10. The Bertz CT molecular complexity index is 498. The summed E-state index contributed by atoms with van der Waals surface area (Å²) in [7, 11) is 0. The maximum Gasteiger partial charge on any atom is 0.123 e. The van der Waals surface area contributed by atoms with Crippen LogP contribution in [0.5, 0.6) is 0 Å². The molecule has 2 aromatic rings. The van der Waals surface area contributed by atoms with Crippen LogP contribution >= 0.6 is 15.9 Å². The average molecular weight is 285 g/mol. The van der Waals surface area contributed by atoms with E-state index in [2.05, 4.69) is 21.0 Å². The fourth-order valence-electron chi connectivity index (χ4n) is 1.41. The number of nitrogens with zero attached hydrogens (tertiary/aromatic N) is 2. The Morgan fingerprint density at radius 2 is 2.25 bits per heavy atom. The number of halogens is 2. The Morgan fingerprint density at radius 1 is 1.44 bits per heavy atom. The monoisotopic (exact) mass is 284 g/mol. The maximum atomic E-state index is 13.0. The van der Waals surface area contributed by atoms with Gasteiger partial charge >= 0.3 is 0 Å². The molecule has 2 rings (SSSR count). The van der Waals surface area contributed by atoms with Crippen molar-refractivity contribution < 1.29 is 9.50 Å². The molecule has 0 bridgehead atoms. The molecule has 1 N–H and O–H groups in total. The van der Waals surface area contributed by atoms with Gasteiger partial charge in [0.15, 0.2) is 0 Å². The Balaban J connectivity index is 2.22. The van der Waals surface area contributed by atoms with Crippen LogP contribution < -0.4 is 0 Å². The van der Waals surface area contributed by atoms with Crippen LogP contribution in [-0.4, -0.2) is 14.9 Å². The van der Waals surface area contributed by atoms with Crippen molar-refractivity contribution in [2.75, 3.05) is 0 Å². The van der Waals surface area contributed by atoms with Gasteiger partial charge in [-0.3, -0.25) is 4.68 Å². The predicted molar refractivity (Wildman–Crippen MR) is 61.4 cm³/mol. The van der Waals surface area contributed by atoms with Crippen LogP contribution in [0.25, 0.3) is 0 Å². The maximum absolute atomic E-state index is 13.0. The van der Waals surface area contributed by atoms with Gasteiger partial charge in [-0.1, -0.05) is 15.9 Å². The normalized spacial score (nSPS) is 10.7. The summed E-state index contributed by atoms with van der Waals surface area (Å²) in [5.74, 6) is -0.271. The molecule has 1 heterocycles. The molecule has 0 aliphatic carbocycles. The first kappa shape index (κ1) is 11.3. The lowest BCUT2D eigenvalue weighted by Gasteiger charge is -2.04. The number of aliphatic hydroxyl groups excluding tert-OH is 1. The zero-order valence-corrected chi connectivity index (χ0v) is 9.98. The number of rotatable bonds is 3. The van der Waals surface area contributed by atoms with Crippen LogP contribution in [0.4, 0.5) is 4.39 Å². The number of benzene rings is 1. The second-order valence-electron chi connectivity index (χ2n) is 3.44. The Kier molecular flexibility index (Phi) is 3.36. The SMILES string of the molecule is OCc1cnn(Cc2cc(F)ccc2Br)c1. The Labute approximate surface area is 101 Å². The van der Waals surface area contributed by atoms with Crippen LogP contribution in [-0.2, 0) is 13.2 Å². The Morgan fingerprint density at radius 3 is 2.94 bits per heavy atom. The number of aromatic nitrogens is 2. The van der Waals surface area contributed by atoms with E-state index in [0.717, 1.165) is 15.6 Å². The fraction of sp³-hybridized carbons (Fsp3) is 0.182. The largest absolute Gasteiger partial charge is 0.392 e. The van der Waals surface area contributed by atoms with Crippen LogP contribution in [0.15, 0.2) is 35.1 Å². The van der Waals surface area contributed by atoms with Gasteiger partial charge in [0.25, 0.3) is 0 Å². The molecule has 3 nitrogen and oxygen atoms in total. The highest BCUT2D eigenvalue weighted by atomic mass is 79.9. The lowest BCUT2D eigenvalue weighted by Crippen LogP contribution is -2.01. The Hall–Kier alpha value is -1.20. The van der Waals surface area contributed by atoms with E-state index in [1.165, 1.54) is 12.1 Å². The van der Waals surface area contributed by atoms with Gasteiger partial charge in [0.1, 0.15) is 5.82 Å². The van der Waals surface area contributed by atoms with Gasteiger partial charge in [0.2, 0.25) is 0 Å². The number of hydrogen-bond donors (Lipinski definition) is 1. The molecule has 84 valence electrons. The van der Waals surface area contributed by atoms with Crippen molar-refractivity contribution in [2.45, 2.75) is 13.2 Å². The second-order valence-corrected chi connectivity index (χ2v) is 4.29. The van der Waals surface area contributed by atoms with Gasteiger partial charge in [-0.2, -0.15) is 5.10 Å². The van der Waals surface area contributed by atoms with Gasteiger partial charge < -0.3 is 5.11 Å². The van der Waals surface area contributed by atoms with Gasteiger partial charge in [-0.15, -0.1) is 0 Å². The predicted octanol–water partition coefficient (Wildman–Crippen LogP) is 2.33. The van der Waals surface area contributed by atoms with Crippen LogP contribution in [0.1, 0.15) is 11.1 Å². The minimum Gasteiger partial charge on any atom is -0.392 e. The molecule has 0 spiro atoms. The van der Waals surface area contributed by atoms with Crippen molar-refractivity contribution in [3.05, 3.63) is 52.0 Å². The lowest BCUT2D eigenvalue weighted by atomic mass is 10.2. The first-order chi connectivity index (χ1) is 7.69. The van der Waals surface area contributed by atoms with Gasteiger partial charge in [-0.05, 0) is 23.8 Å². The number of hydrogen-bond acceptors (Lipinski definition) is 2. The van der Waals surface area contributed by atoms with E-state index in [9.17, 15) is 4.39 Å². The molecule has 0 unspecified atom stereocenters. The standard InChI is InChI=1S/C11H10BrFN2O/c12-11-2-1-10(13)3-9(11)6-15-5-8(7-16)4-14-15/h1-5,16H,6-7H2. The molecular formula is C11H10BrFN2O. The van der Waals surface area contributed by atoms with E-state index >= 15 is 0 Å². The third-order valence-corrected chi connectivity index (χ3v) is 2.98. The van der Waals surface area contributed by atoms with Crippen molar-refractivity contribution in [3.63, 3.8) is 0 Å². The van der Waals surface area contributed by atoms with E-state index in [0.29, 0.717) is 6.54 Å². The zero-order valence-electron chi connectivity index (χ0n) is 8.40. The lowest BCUT2D eigenvalue weighted by molar-refractivity contribution is 0.281. The average Bonchev–Trinajstić information content (AvgIpc) is 2.71. The van der Waals surface area contributed by atoms with Gasteiger partial charge in [0, 0.05) is 16.2 Å². The van der Waals surface area contributed by atoms with Gasteiger partial charge in [0.05, 0.1) is 19.3 Å². The van der Waals surface area contributed by atoms with E-state index < -0.39 is 0 Å². The molecule has 0 fully saturated rings. The van der Waals surface area contributed by atoms with Crippen LogP contribution in [0.3, 0.4) is 0 Å². The summed E-state index contributed by atoms with van der Waals surface area (Å²) in [5.41, 5.74) is 1.56. The van der Waals surface area contributed by atoms with Crippen molar-refractivity contribution >= 4 is 15.9 Å². The summed E-state index contributed by atoms with van der Waals surface area (Å²) in [5, 5.41) is 13.0. The first-order valence-corrected chi connectivity index (χ1v) is 5.54. The molecule has 1 aromatic carbocycles. The number of aliphatic hydroxyl groups is 1. The minimum absolute atomic E-state index is 0.0374. The van der Waals surface area contributed by atoms with Crippen molar-refractivity contribution in [1.82, 2.24) is 9.78 Å². The summed E-state index contributed by atoms with van der Waals surface area (Å²) in [4.78, 5) is 0. The molecule has 16 heavy (non-hydrogen) atoms. The first-order valence-electron chi connectivity index (χ1n) is 4.75. The highest BCUT2D eigenvalue weighted by Crippen LogP contribution is 2.18. The van der Waals surface area contributed by atoms with Crippen molar-refractivity contribution in [1.29, 1.82) is 0 Å². The second kappa shape index (κ2) is 4.76. The molecular weight excluding hydrogens is 275 g/mol. The summed E-state index contributed by atoms with van der Waals surface area (Å²) < 4.78 is 15.5. The van der Waals surface area contributed by atoms with Crippen LogP contribution in [0, 0.1) is 5.82 Å². The fourth-order valence-corrected chi connectivity index (χ4v) is 1.79. The molecule has 0 radical (unpaired) electrons. The smallest absolute Gasteiger partial charge is 0.123 e. The third-order valence-electron chi connectivity index (χ3n) is 2.21. The molecule has 1 aromatic heterocycles. The molecule has 0 saturated heterocycles. The molecule has 0 aliphatic rings. The van der Waals surface area contributed by atoms with Gasteiger partial charge in [-0.25, -0.2) is 4.39 Å². The summed E-state index contributed by atoms with van der Waals surface area (Å²) >= 11 is 3.35. The molecule has 5 heteroatoms. The van der Waals surface area contributed by atoms with Crippen LogP contribution in [0.2, 0.25) is 0 Å². The van der Waals surface area contributed by atoms with E-state index in [4.69, 9.17) is 5.11 Å². The van der Waals surface area contributed by atoms with E-state index in [1.807, 2.05) is 0 Å². The zero-order chi connectivity index (χ0) is 11.5. The summed E-state index contributed by atoms with van der Waals surface area (Å²) in [6.45, 7) is 0.433. The summed E-state index contributed by atoms with van der Waals surface area (Å²) in [6.07, 6.45) is 3.32. The highest BCUT2D eigenvalue weighted by Gasteiger charge is 2.04. The van der Waals surface area contributed by atoms with Crippen molar-refractivity contribution in [2.24, 2.45) is 0 Å². The third kappa shape index (κ3) is 2.48. The van der Waals surface area contributed by atoms with E-state index in [-0.39, 0.29) is 12.4 Å². The minimum atomic E-state index is -0.271. The molecule has 0 atom stereocenters. The van der Waals surface area contributed by atoms with Crippen molar-refractivity contribution in [3.8, 4) is 0 Å². The molecule has 0 saturated carbocycles. The molecule has 0 aliphatic heterocycles.